The van der Waals surface area contributed by atoms with Crippen LogP contribution in [0.25, 0.3) is 0 Å². The summed E-state index contributed by atoms with van der Waals surface area (Å²) in [5, 5.41) is 22.8. The van der Waals surface area contributed by atoms with Crippen LogP contribution in [0.3, 0.4) is 0 Å². The number of aromatic hydroxyl groups is 1. The quantitative estimate of drug-likeness (QED) is 0.651. The second kappa shape index (κ2) is 6.51. The average molecular weight is 286 g/mol. The topological polar surface area (TPSA) is 92.5 Å². The molecule has 6 heteroatoms. The van der Waals surface area contributed by atoms with E-state index in [0.29, 0.717) is 13.0 Å². The normalized spacial score (nSPS) is 10.1. The molecule has 2 aromatic rings. The minimum Gasteiger partial charge on any atom is -0.502 e. The number of phenols is 1. The minimum atomic E-state index is -0.702. The molecule has 0 spiro atoms. The van der Waals surface area contributed by atoms with Crippen molar-refractivity contribution in [3.63, 3.8) is 0 Å². The number of carbonyl (C=O) groups excluding carboxylic acids is 1. The van der Waals surface area contributed by atoms with Gasteiger partial charge >= 0.3 is 5.69 Å². The lowest BCUT2D eigenvalue weighted by Crippen LogP contribution is -2.25. The molecule has 2 rings (SSSR count). The Morgan fingerprint density at radius 1 is 1.19 bits per heavy atom. The molecule has 108 valence electrons. The smallest absolute Gasteiger partial charge is 0.310 e. The van der Waals surface area contributed by atoms with Crippen LogP contribution in [0.1, 0.15) is 15.9 Å². The summed E-state index contributed by atoms with van der Waals surface area (Å²) >= 11 is 0. The van der Waals surface area contributed by atoms with Gasteiger partial charge in [-0.25, -0.2) is 0 Å². The Hall–Kier alpha value is -2.89. The molecule has 0 aliphatic rings. The number of phenolic OH excluding ortho intramolecular Hbond substituents is 1. The standard InChI is InChI=1S/C15H14N2O4/c18-14-10-12(6-7-13(14)17(20)21)15(19)16-9-8-11-4-2-1-3-5-11/h1-7,10,18H,8-9H2,(H,16,19). The molecule has 0 heterocycles. The van der Waals surface area contributed by atoms with Gasteiger partial charge in [0.25, 0.3) is 5.91 Å². The maximum Gasteiger partial charge on any atom is 0.310 e. The van der Waals surface area contributed by atoms with E-state index in [0.717, 1.165) is 17.7 Å². The van der Waals surface area contributed by atoms with Gasteiger partial charge in [0, 0.05) is 18.2 Å². The first-order valence-electron chi connectivity index (χ1n) is 6.37. The Morgan fingerprint density at radius 3 is 2.52 bits per heavy atom. The van der Waals surface area contributed by atoms with Crippen LogP contribution in [0.4, 0.5) is 5.69 Å². The number of rotatable bonds is 5. The third kappa shape index (κ3) is 3.79. The van der Waals surface area contributed by atoms with Crippen molar-refractivity contribution in [3.05, 3.63) is 69.8 Å². The molecule has 0 bridgehead atoms. The van der Waals surface area contributed by atoms with Gasteiger partial charge in [0.1, 0.15) is 0 Å². The molecular formula is C15H14N2O4. The second-order valence-corrected chi connectivity index (χ2v) is 4.45. The van der Waals surface area contributed by atoms with E-state index >= 15 is 0 Å². The number of amides is 1. The molecule has 0 radical (unpaired) electrons. The Morgan fingerprint density at radius 2 is 1.90 bits per heavy atom. The molecule has 21 heavy (non-hydrogen) atoms. The number of nitrogens with one attached hydrogen (secondary N) is 1. The molecule has 1 amide bonds. The Kier molecular flexibility index (Phi) is 4.50. The lowest BCUT2D eigenvalue weighted by molar-refractivity contribution is -0.385. The Labute approximate surface area is 121 Å². The van der Waals surface area contributed by atoms with Crippen molar-refractivity contribution in [2.45, 2.75) is 6.42 Å². The van der Waals surface area contributed by atoms with Gasteiger partial charge in [-0.3, -0.25) is 14.9 Å². The highest BCUT2D eigenvalue weighted by atomic mass is 16.6. The first-order valence-corrected chi connectivity index (χ1v) is 6.37. The minimum absolute atomic E-state index is 0.186. The van der Waals surface area contributed by atoms with Crippen LogP contribution < -0.4 is 5.32 Å². The van der Waals surface area contributed by atoms with Crippen molar-refractivity contribution in [1.29, 1.82) is 0 Å². The van der Waals surface area contributed by atoms with E-state index in [9.17, 15) is 20.0 Å². The van der Waals surface area contributed by atoms with Crippen molar-refractivity contribution < 1.29 is 14.8 Å². The van der Waals surface area contributed by atoms with E-state index in [1.807, 2.05) is 30.3 Å². The summed E-state index contributed by atoms with van der Waals surface area (Å²) in [6, 6.07) is 13.2. The van der Waals surface area contributed by atoms with Gasteiger partial charge < -0.3 is 10.4 Å². The highest BCUT2D eigenvalue weighted by Gasteiger charge is 2.15. The molecule has 2 aromatic carbocycles. The molecule has 0 atom stereocenters. The van der Waals surface area contributed by atoms with E-state index in [4.69, 9.17) is 0 Å². The largest absolute Gasteiger partial charge is 0.502 e. The van der Waals surface area contributed by atoms with Gasteiger partial charge in [0.15, 0.2) is 5.75 Å². The number of carbonyl (C=O) groups is 1. The van der Waals surface area contributed by atoms with E-state index in [-0.39, 0.29) is 11.5 Å². The summed E-state index contributed by atoms with van der Waals surface area (Å²) in [5.74, 6) is -0.896. The van der Waals surface area contributed by atoms with E-state index in [1.165, 1.54) is 6.07 Å². The third-order valence-corrected chi connectivity index (χ3v) is 2.98. The highest BCUT2D eigenvalue weighted by Crippen LogP contribution is 2.26. The van der Waals surface area contributed by atoms with E-state index in [1.54, 1.807) is 0 Å². The van der Waals surface area contributed by atoms with Crippen LogP contribution in [0.15, 0.2) is 48.5 Å². The molecule has 0 aromatic heterocycles. The van der Waals surface area contributed by atoms with Gasteiger partial charge in [-0.1, -0.05) is 30.3 Å². The number of nitro benzene ring substituents is 1. The van der Waals surface area contributed by atoms with Crippen LogP contribution in [0.5, 0.6) is 5.75 Å². The Balaban J connectivity index is 1.94. The SMILES string of the molecule is O=C(NCCc1ccccc1)c1ccc([N+](=O)[O-])c(O)c1. The fraction of sp³-hybridized carbons (Fsp3) is 0.133. The second-order valence-electron chi connectivity index (χ2n) is 4.45. The summed E-state index contributed by atoms with van der Waals surface area (Å²) in [7, 11) is 0. The first-order chi connectivity index (χ1) is 10.1. The zero-order chi connectivity index (χ0) is 15.2. The molecule has 0 aliphatic carbocycles. The number of benzene rings is 2. The summed E-state index contributed by atoms with van der Waals surface area (Å²) in [4.78, 5) is 21.8. The zero-order valence-electron chi connectivity index (χ0n) is 11.2. The van der Waals surface area contributed by atoms with Gasteiger partial charge in [-0.2, -0.15) is 0 Å². The number of nitro groups is 1. The van der Waals surface area contributed by atoms with Crippen molar-refractivity contribution >= 4 is 11.6 Å². The van der Waals surface area contributed by atoms with Crippen LogP contribution in [-0.2, 0) is 6.42 Å². The van der Waals surface area contributed by atoms with Crippen LogP contribution in [-0.4, -0.2) is 22.5 Å². The van der Waals surface area contributed by atoms with Gasteiger partial charge in [0.2, 0.25) is 0 Å². The maximum atomic E-state index is 11.9. The number of hydrogen-bond donors (Lipinski definition) is 2. The molecule has 0 aliphatic heterocycles. The van der Waals surface area contributed by atoms with Crippen LogP contribution in [0, 0.1) is 10.1 Å². The lowest BCUT2D eigenvalue weighted by Gasteiger charge is -2.06. The fourth-order valence-electron chi connectivity index (χ4n) is 1.89. The fourth-order valence-corrected chi connectivity index (χ4v) is 1.89. The third-order valence-electron chi connectivity index (χ3n) is 2.98. The van der Waals surface area contributed by atoms with E-state index < -0.39 is 16.4 Å². The van der Waals surface area contributed by atoms with Gasteiger partial charge in [-0.05, 0) is 24.1 Å². The van der Waals surface area contributed by atoms with Crippen LogP contribution in [0.2, 0.25) is 0 Å². The highest BCUT2D eigenvalue weighted by molar-refractivity contribution is 5.95. The molecule has 2 N–H and O–H groups in total. The predicted octanol–water partition coefficient (Wildman–Crippen LogP) is 2.27. The lowest BCUT2D eigenvalue weighted by atomic mass is 10.1. The van der Waals surface area contributed by atoms with Crippen LogP contribution >= 0.6 is 0 Å². The van der Waals surface area contributed by atoms with Crippen molar-refractivity contribution in [3.8, 4) is 5.75 Å². The van der Waals surface area contributed by atoms with Gasteiger partial charge in [0.05, 0.1) is 4.92 Å². The van der Waals surface area contributed by atoms with E-state index in [2.05, 4.69) is 5.32 Å². The maximum absolute atomic E-state index is 11.9. The summed E-state index contributed by atoms with van der Waals surface area (Å²) in [6.07, 6.45) is 0.686. The Bertz CT molecular complexity index is 656. The van der Waals surface area contributed by atoms with Crippen molar-refractivity contribution in [2.24, 2.45) is 0 Å². The molecular weight excluding hydrogens is 272 g/mol. The zero-order valence-corrected chi connectivity index (χ0v) is 11.2. The molecule has 6 nitrogen and oxygen atoms in total. The molecule has 0 saturated heterocycles. The predicted molar refractivity (Wildman–Crippen MR) is 77.2 cm³/mol. The van der Waals surface area contributed by atoms with Crippen molar-refractivity contribution in [2.75, 3.05) is 6.54 Å². The molecule has 0 saturated carbocycles. The summed E-state index contributed by atoms with van der Waals surface area (Å²) < 4.78 is 0. The van der Waals surface area contributed by atoms with Crippen molar-refractivity contribution in [1.82, 2.24) is 5.32 Å². The first kappa shape index (κ1) is 14.5. The molecule has 0 fully saturated rings. The number of hydrogen-bond acceptors (Lipinski definition) is 4. The summed E-state index contributed by atoms with van der Waals surface area (Å²) in [5.41, 5.74) is 0.867. The van der Waals surface area contributed by atoms with Gasteiger partial charge in [-0.15, -0.1) is 0 Å². The molecule has 0 unspecified atom stereocenters. The number of nitrogens with zero attached hydrogens (tertiary/aromatic N) is 1. The average Bonchev–Trinajstić information content (AvgIpc) is 2.47. The monoisotopic (exact) mass is 286 g/mol. The summed E-state index contributed by atoms with van der Waals surface area (Å²) in [6.45, 7) is 0.445.